The van der Waals surface area contributed by atoms with Crippen LogP contribution in [0, 0.1) is 28.9 Å². The monoisotopic (exact) mass is 281 g/mol. The number of nitro benzene ring substituents is 1. The molecule has 0 aliphatic carbocycles. The largest absolute Gasteiger partial charge is 0.388 e. The number of nitro groups is 1. The number of aryl methyl sites for hydroxylation is 1. The van der Waals surface area contributed by atoms with Gasteiger partial charge in [0.15, 0.2) is 0 Å². The zero-order valence-corrected chi connectivity index (χ0v) is 11.8. The summed E-state index contributed by atoms with van der Waals surface area (Å²) >= 11 is 0. The summed E-state index contributed by atoms with van der Waals surface area (Å²) in [6.07, 6.45) is -0.911. The van der Waals surface area contributed by atoms with Crippen LogP contribution in [0.4, 0.5) is 5.69 Å². The summed E-state index contributed by atoms with van der Waals surface area (Å²) < 4.78 is 0. The van der Waals surface area contributed by atoms with Gasteiger partial charge in [-0.05, 0) is 38.1 Å². The zero-order chi connectivity index (χ0) is 15.4. The smallest absolute Gasteiger partial charge is 0.275 e. The van der Waals surface area contributed by atoms with E-state index in [-0.39, 0.29) is 11.3 Å². The third-order valence-corrected chi connectivity index (χ3v) is 3.08. The van der Waals surface area contributed by atoms with E-state index in [0.29, 0.717) is 5.56 Å². The molecule has 0 bridgehead atoms. The molecular weight excluding hydrogens is 266 g/mol. The van der Waals surface area contributed by atoms with Crippen molar-refractivity contribution < 1.29 is 10.0 Å². The fourth-order valence-corrected chi connectivity index (χ4v) is 1.91. The predicted molar refractivity (Wildman–Crippen MR) is 80.9 cm³/mol. The molecule has 2 aromatic carbocycles. The highest BCUT2D eigenvalue weighted by Crippen LogP contribution is 2.25. The lowest BCUT2D eigenvalue weighted by Crippen LogP contribution is -1.99. The first-order valence-corrected chi connectivity index (χ1v) is 6.52. The van der Waals surface area contributed by atoms with Crippen LogP contribution in [0.1, 0.15) is 35.3 Å². The second-order valence-electron chi connectivity index (χ2n) is 4.82. The van der Waals surface area contributed by atoms with Crippen LogP contribution in [0.15, 0.2) is 42.5 Å². The number of hydrogen-bond acceptors (Lipinski definition) is 3. The van der Waals surface area contributed by atoms with Crippen molar-refractivity contribution in [2.75, 3.05) is 0 Å². The van der Waals surface area contributed by atoms with E-state index in [0.717, 1.165) is 11.1 Å². The third kappa shape index (κ3) is 3.68. The predicted octanol–water partition coefficient (Wildman–Crippen LogP) is 3.36. The van der Waals surface area contributed by atoms with Crippen LogP contribution >= 0.6 is 0 Å². The average molecular weight is 281 g/mol. The maximum Gasteiger partial charge on any atom is 0.275 e. The van der Waals surface area contributed by atoms with Crippen molar-refractivity contribution in [2.24, 2.45) is 0 Å². The molecule has 0 aromatic heterocycles. The Bertz CT molecular complexity index is 722. The van der Waals surface area contributed by atoms with Gasteiger partial charge in [-0.1, -0.05) is 29.5 Å². The summed E-state index contributed by atoms with van der Waals surface area (Å²) in [5, 5.41) is 20.5. The molecule has 2 rings (SSSR count). The van der Waals surface area contributed by atoms with Gasteiger partial charge in [-0.2, -0.15) is 0 Å². The van der Waals surface area contributed by atoms with Crippen LogP contribution in [0.25, 0.3) is 0 Å². The molecule has 2 aromatic rings. The van der Waals surface area contributed by atoms with Gasteiger partial charge in [0.2, 0.25) is 0 Å². The van der Waals surface area contributed by atoms with Gasteiger partial charge in [-0.25, -0.2) is 0 Å². The van der Waals surface area contributed by atoms with E-state index in [1.54, 1.807) is 12.1 Å². The fourth-order valence-electron chi connectivity index (χ4n) is 1.91. The first-order valence-electron chi connectivity index (χ1n) is 6.52. The van der Waals surface area contributed by atoms with Crippen LogP contribution in [0.5, 0.6) is 0 Å². The molecule has 0 aliphatic heterocycles. The van der Waals surface area contributed by atoms with Crippen LogP contribution in [-0.2, 0) is 0 Å². The summed E-state index contributed by atoms with van der Waals surface area (Å²) in [6, 6.07) is 12.3. The minimum atomic E-state index is -0.911. The van der Waals surface area contributed by atoms with Crippen molar-refractivity contribution in [3.05, 3.63) is 74.8 Å². The lowest BCUT2D eigenvalue weighted by molar-refractivity contribution is -0.386. The van der Waals surface area contributed by atoms with Crippen molar-refractivity contribution in [1.82, 2.24) is 0 Å². The Hall–Kier alpha value is -2.64. The minimum absolute atomic E-state index is 0.0918. The highest BCUT2D eigenvalue weighted by atomic mass is 16.6. The van der Waals surface area contributed by atoms with Gasteiger partial charge >= 0.3 is 0 Å². The lowest BCUT2D eigenvalue weighted by Gasteiger charge is -2.05. The summed E-state index contributed by atoms with van der Waals surface area (Å²) in [6.45, 7) is 3.50. The highest BCUT2D eigenvalue weighted by Gasteiger charge is 2.17. The quantitative estimate of drug-likeness (QED) is 0.521. The standard InChI is InChI=1S/C17H15NO3/c1-12-3-5-14(6-4-12)7-8-15-9-10-17(18(20)21)16(11-15)13(2)19/h3-6,9-11,13,19H,1-2H3. The molecule has 0 spiro atoms. The van der Waals surface area contributed by atoms with Crippen LogP contribution in [-0.4, -0.2) is 10.0 Å². The van der Waals surface area contributed by atoms with E-state index in [2.05, 4.69) is 11.8 Å². The lowest BCUT2D eigenvalue weighted by atomic mass is 10.0. The van der Waals surface area contributed by atoms with Crippen molar-refractivity contribution >= 4 is 5.69 Å². The van der Waals surface area contributed by atoms with Crippen molar-refractivity contribution in [3.8, 4) is 11.8 Å². The molecule has 0 heterocycles. The Kier molecular flexibility index (Phi) is 4.36. The first kappa shape index (κ1) is 14.8. The fraction of sp³-hybridized carbons (Fsp3) is 0.176. The molecule has 0 saturated heterocycles. The minimum Gasteiger partial charge on any atom is -0.388 e. The summed E-state index contributed by atoms with van der Waals surface area (Å²) in [7, 11) is 0. The SMILES string of the molecule is Cc1ccc(C#Cc2ccc([N+](=O)[O-])c(C(C)O)c2)cc1. The van der Waals surface area contributed by atoms with Gasteiger partial charge in [0.1, 0.15) is 0 Å². The summed E-state index contributed by atoms with van der Waals surface area (Å²) in [5.41, 5.74) is 2.85. The Morgan fingerprint density at radius 1 is 1.10 bits per heavy atom. The molecule has 1 unspecified atom stereocenters. The molecule has 0 radical (unpaired) electrons. The van der Waals surface area contributed by atoms with Crippen LogP contribution in [0.2, 0.25) is 0 Å². The van der Waals surface area contributed by atoms with E-state index < -0.39 is 11.0 Å². The van der Waals surface area contributed by atoms with Crippen molar-refractivity contribution in [3.63, 3.8) is 0 Å². The Morgan fingerprint density at radius 3 is 2.24 bits per heavy atom. The van der Waals surface area contributed by atoms with E-state index >= 15 is 0 Å². The number of aliphatic hydroxyl groups excluding tert-OH is 1. The molecule has 0 amide bonds. The van der Waals surface area contributed by atoms with E-state index in [1.165, 1.54) is 13.0 Å². The van der Waals surface area contributed by atoms with Crippen molar-refractivity contribution in [1.29, 1.82) is 0 Å². The molecular formula is C17H15NO3. The van der Waals surface area contributed by atoms with Crippen LogP contribution < -0.4 is 0 Å². The molecule has 21 heavy (non-hydrogen) atoms. The van der Waals surface area contributed by atoms with E-state index in [4.69, 9.17) is 0 Å². The molecule has 0 aliphatic rings. The molecule has 4 nitrogen and oxygen atoms in total. The van der Waals surface area contributed by atoms with Gasteiger partial charge in [0, 0.05) is 17.2 Å². The number of aliphatic hydroxyl groups is 1. The normalized spacial score (nSPS) is 11.4. The Morgan fingerprint density at radius 2 is 1.67 bits per heavy atom. The van der Waals surface area contributed by atoms with Crippen LogP contribution in [0.3, 0.4) is 0 Å². The number of rotatable bonds is 2. The molecule has 0 fully saturated rings. The number of nitrogens with zero attached hydrogens (tertiary/aromatic N) is 1. The highest BCUT2D eigenvalue weighted by molar-refractivity contribution is 5.50. The molecule has 1 atom stereocenters. The maximum absolute atomic E-state index is 10.9. The maximum atomic E-state index is 10.9. The van der Waals surface area contributed by atoms with Gasteiger partial charge in [0.25, 0.3) is 5.69 Å². The Balaban J connectivity index is 2.36. The number of benzene rings is 2. The molecule has 1 N–H and O–H groups in total. The second-order valence-corrected chi connectivity index (χ2v) is 4.82. The molecule has 4 heteroatoms. The van der Waals surface area contributed by atoms with E-state index in [9.17, 15) is 15.2 Å². The number of hydrogen-bond donors (Lipinski definition) is 1. The van der Waals surface area contributed by atoms with Gasteiger partial charge in [-0.3, -0.25) is 10.1 Å². The van der Waals surface area contributed by atoms with Gasteiger partial charge in [0.05, 0.1) is 16.6 Å². The zero-order valence-electron chi connectivity index (χ0n) is 11.8. The average Bonchev–Trinajstić information content (AvgIpc) is 2.46. The van der Waals surface area contributed by atoms with Gasteiger partial charge in [-0.15, -0.1) is 0 Å². The topological polar surface area (TPSA) is 63.4 Å². The van der Waals surface area contributed by atoms with Gasteiger partial charge < -0.3 is 5.11 Å². The third-order valence-electron chi connectivity index (χ3n) is 3.08. The first-order chi connectivity index (χ1) is 9.97. The Labute approximate surface area is 123 Å². The summed E-state index contributed by atoms with van der Waals surface area (Å²) in [4.78, 5) is 10.4. The molecule has 106 valence electrons. The van der Waals surface area contributed by atoms with Crippen molar-refractivity contribution in [2.45, 2.75) is 20.0 Å². The summed E-state index contributed by atoms with van der Waals surface area (Å²) in [5.74, 6) is 5.96. The second kappa shape index (κ2) is 6.21. The molecule has 0 saturated carbocycles. The van der Waals surface area contributed by atoms with E-state index in [1.807, 2.05) is 31.2 Å².